The molecule has 2 heteroatoms. The summed E-state index contributed by atoms with van der Waals surface area (Å²) in [5.41, 5.74) is 18.9. The number of hydrogen-bond donors (Lipinski definition) is 0. The molecule has 4 aliphatic carbocycles. The average Bonchev–Trinajstić information content (AvgIpc) is 3.88. The first-order chi connectivity index (χ1) is 27.0. The molecule has 0 amide bonds. The molecule has 4 unspecified atom stereocenters. The fourth-order valence-corrected chi connectivity index (χ4v) is 12.3. The van der Waals surface area contributed by atoms with Gasteiger partial charge in [-0.1, -0.05) is 92.7 Å². The highest BCUT2D eigenvalue weighted by Crippen LogP contribution is 2.60. The molecule has 7 aromatic carbocycles. The predicted octanol–water partition coefficient (Wildman–Crippen LogP) is 13.9. The highest BCUT2D eigenvalue weighted by Gasteiger charge is 2.47. The minimum Gasteiger partial charge on any atom is -0.309 e. The Morgan fingerprint density at radius 2 is 1.15 bits per heavy atom. The van der Waals surface area contributed by atoms with Gasteiger partial charge in [0.05, 0.1) is 22.1 Å². The molecule has 0 spiro atoms. The van der Waals surface area contributed by atoms with Crippen LogP contribution in [0.4, 0.5) is 0 Å². The van der Waals surface area contributed by atoms with Crippen LogP contribution in [0, 0.1) is 11.8 Å². The summed E-state index contributed by atoms with van der Waals surface area (Å²) in [5.74, 6) is 3.33. The molecule has 9 aromatic rings. The maximum atomic E-state index is 2.60. The molecule has 3 bridgehead atoms. The van der Waals surface area contributed by atoms with Crippen molar-refractivity contribution in [3.05, 3.63) is 168 Å². The number of hydrogen-bond acceptors (Lipinski definition) is 0. The largest absolute Gasteiger partial charge is 0.309 e. The van der Waals surface area contributed by atoms with Crippen molar-refractivity contribution in [2.24, 2.45) is 11.8 Å². The Kier molecular flexibility index (Phi) is 5.91. The van der Waals surface area contributed by atoms with Crippen molar-refractivity contribution in [1.82, 2.24) is 9.13 Å². The van der Waals surface area contributed by atoms with E-state index in [2.05, 4.69) is 169 Å². The summed E-state index contributed by atoms with van der Waals surface area (Å²) >= 11 is 0. The highest BCUT2D eigenvalue weighted by molar-refractivity contribution is 6.14. The zero-order valence-electron chi connectivity index (χ0n) is 31.4. The van der Waals surface area contributed by atoms with Crippen molar-refractivity contribution < 1.29 is 0 Å². The molecular weight excluding hydrogens is 665 g/mol. The third kappa shape index (κ3) is 4.05. The van der Waals surface area contributed by atoms with E-state index >= 15 is 0 Å². The molecule has 2 aromatic heterocycles. The lowest BCUT2D eigenvalue weighted by Crippen LogP contribution is -2.22. The molecule has 2 heterocycles. The number of nitrogens with zero attached hydrogens (tertiary/aromatic N) is 2. The first kappa shape index (κ1) is 30.5. The van der Waals surface area contributed by atoms with Gasteiger partial charge in [0, 0.05) is 38.3 Å². The van der Waals surface area contributed by atoms with Gasteiger partial charge in [-0.25, -0.2) is 0 Å². The smallest absolute Gasteiger partial charge is 0.0544 e. The lowest BCUT2D eigenvalue weighted by molar-refractivity contribution is 0.296. The van der Waals surface area contributed by atoms with Gasteiger partial charge in [-0.2, -0.15) is 0 Å². The SMILES string of the molecule is CC1(C)c2ccccc2-c2cc3c4cc(-c5ccc6c(c5)c5ccccc5n6-c5ccccc5)ccc4n(-c4ccc5c(c4)C4CC6CC(C4)C5C6)c3cc21. The molecule has 2 saturated carbocycles. The maximum Gasteiger partial charge on any atom is 0.0544 e. The van der Waals surface area contributed by atoms with Gasteiger partial charge in [0.1, 0.15) is 0 Å². The van der Waals surface area contributed by atoms with Crippen LogP contribution in [0.3, 0.4) is 0 Å². The molecule has 55 heavy (non-hydrogen) atoms. The van der Waals surface area contributed by atoms with E-state index in [9.17, 15) is 0 Å². The van der Waals surface area contributed by atoms with Crippen molar-refractivity contribution in [1.29, 1.82) is 0 Å². The Morgan fingerprint density at radius 1 is 0.455 bits per heavy atom. The number of fused-ring (bicyclic) bond motifs is 14. The molecule has 0 radical (unpaired) electrons. The Hall–Kier alpha value is -5.86. The van der Waals surface area contributed by atoms with E-state index in [-0.39, 0.29) is 5.41 Å². The molecule has 2 fully saturated rings. The van der Waals surface area contributed by atoms with Gasteiger partial charge < -0.3 is 9.13 Å². The fourth-order valence-electron chi connectivity index (χ4n) is 12.3. The lowest BCUT2D eigenvalue weighted by atomic mass is 9.69. The van der Waals surface area contributed by atoms with E-state index in [0.717, 1.165) is 23.7 Å². The summed E-state index contributed by atoms with van der Waals surface area (Å²) in [5, 5.41) is 5.23. The zero-order valence-corrected chi connectivity index (χ0v) is 31.4. The van der Waals surface area contributed by atoms with E-state index in [4.69, 9.17) is 0 Å². The standard InChI is InChI=1S/C53H42N2/c1-53(2)47-14-8-6-12-39(47)43-29-46-45-27-33(32-16-20-50-44(26-32)40-13-7-9-15-49(40)54(50)36-10-4-3-5-11-36)17-21-51(45)55(52(46)30-48(43)53)37-18-19-38-41-24-31-22-34(41)25-35(23-31)42(38)28-37/h3-21,26-31,34-35,41H,22-25H2,1-2H3. The van der Waals surface area contributed by atoms with Gasteiger partial charge in [0.2, 0.25) is 0 Å². The number of para-hydroxylation sites is 2. The van der Waals surface area contributed by atoms with Crippen LogP contribution in [0.2, 0.25) is 0 Å². The third-order valence-electron chi connectivity index (χ3n) is 14.7. The van der Waals surface area contributed by atoms with E-state index in [1.54, 1.807) is 11.1 Å². The molecule has 264 valence electrons. The average molecular weight is 707 g/mol. The normalized spacial score (nSPS) is 21.5. The fraction of sp³-hybridized carbons (Fsp3) is 0.208. The molecule has 4 atom stereocenters. The Labute approximate surface area is 321 Å². The topological polar surface area (TPSA) is 9.86 Å². The van der Waals surface area contributed by atoms with Crippen molar-refractivity contribution in [2.75, 3.05) is 0 Å². The van der Waals surface area contributed by atoms with Crippen LogP contribution in [0.5, 0.6) is 0 Å². The van der Waals surface area contributed by atoms with Gasteiger partial charge in [-0.15, -0.1) is 0 Å². The molecule has 0 saturated heterocycles. The second kappa shape index (κ2) is 10.7. The first-order valence-electron chi connectivity index (χ1n) is 20.5. The second-order valence-electron chi connectivity index (χ2n) is 17.8. The highest BCUT2D eigenvalue weighted by atomic mass is 15.0. The van der Waals surface area contributed by atoms with E-state index in [0.29, 0.717) is 0 Å². The summed E-state index contributed by atoms with van der Waals surface area (Å²) in [6, 6.07) is 55.6. The molecule has 0 aliphatic heterocycles. The number of rotatable bonds is 3. The van der Waals surface area contributed by atoms with Gasteiger partial charge in [-0.3, -0.25) is 0 Å². The van der Waals surface area contributed by atoms with Gasteiger partial charge in [0.15, 0.2) is 0 Å². The van der Waals surface area contributed by atoms with Crippen LogP contribution in [0.25, 0.3) is 77.2 Å². The maximum absolute atomic E-state index is 2.60. The monoisotopic (exact) mass is 706 g/mol. The number of aromatic nitrogens is 2. The summed E-state index contributed by atoms with van der Waals surface area (Å²) < 4.78 is 5.00. The van der Waals surface area contributed by atoms with Crippen LogP contribution in [-0.4, -0.2) is 9.13 Å². The lowest BCUT2D eigenvalue weighted by Gasteiger charge is -2.36. The zero-order chi connectivity index (χ0) is 36.2. The van der Waals surface area contributed by atoms with E-state index in [1.165, 1.54) is 114 Å². The van der Waals surface area contributed by atoms with Crippen LogP contribution in [0.15, 0.2) is 146 Å². The van der Waals surface area contributed by atoms with E-state index in [1.807, 2.05) is 0 Å². The quantitative estimate of drug-likeness (QED) is 0.173. The van der Waals surface area contributed by atoms with Crippen molar-refractivity contribution >= 4 is 43.6 Å². The van der Waals surface area contributed by atoms with E-state index < -0.39 is 0 Å². The second-order valence-corrected chi connectivity index (χ2v) is 17.8. The minimum absolute atomic E-state index is 0.0607. The van der Waals surface area contributed by atoms with Crippen molar-refractivity contribution in [3.63, 3.8) is 0 Å². The summed E-state index contributed by atoms with van der Waals surface area (Å²) in [6.07, 6.45) is 5.64. The molecule has 2 nitrogen and oxygen atoms in total. The Balaban J connectivity index is 1.04. The van der Waals surface area contributed by atoms with Crippen molar-refractivity contribution in [3.8, 4) is 33.6 Å². The van der Waals surface area contributed by atoms with Gasteiger partial charge in [-0.05, 0) is 161 Å². The van der Waals surface area contributed by atoms with Crippen LogP contribution in [0.1, 0.15) is 73.6 Å². The van der Waals surface area contributed by atoms with Crippen LogP contribution >= 0.6 is 0 Å². The van der Waals surface area contributed by atoms with Gasteiger partial charge in [0.25, 0.3) is 0 Å². The Bertz CT molecular complexity index is 3100. The first-order valence-corrected chi connectivity index (χ1v) is 20.5. The minimum atomic E-state index is -0.0607. The third-order valence-corrected chi connectivity index (χ3v) is 14.7. The molecular formula is C53H42N2. The molecule has 4 aliphatic rings. The van der Waals surface area contributed by atoms with Gasteiger partial charge >= 0.3 is 0 Å². The van der Waals surface area contributed by atoms with Crippen molar-refractivity contribution in [2.45, 2.75) is 56.8 Å². The summed E-state index contributed by atoms with van der Waals surface area (Å²) in [7, 11) is 0. The van der Waals surface area contributed by atoms with Crippen LogP contribution < -0.4 is 0 Å². The predicted molar refractivity (Wildman–Crippen MR) is 229 cm³/mol. The number of benzene rings is 7. The Morgan fingerprint density at radius 3 is 1.98 bits per heavy atom. The summed E-state index contributed by atoms with van der Waals surface area (Å²) in [6.45, 7) is 4.81. The molecule has 0 N–H and O–H groups in total. The molecule has 13 rings (SSSR count). The van der Waals surface area contributed by atoms with Crippen LogP contribution in [-0.2, 0) is 5.41 Å². The summed E-state index contributed by atoms with van der Waals surface area (Å²) in [4.78, 5) is 0.